The molecule has 1 amide bonds. The van der Waals surface area contributed by atoms with Crippen LogP contribution in [0.2, 0.25) is 10.0 Å². The monoisotopic (exact) mass is 413 g/mol. The Kier molecular flexibility index (Phi) is 6.46. The number of carbonyl (C=O) groups is 1. The van der Waals surface area contributed by atoms with Gasteiger partial charge in [-0.1, -0.05) is 23.2 Å². The van der Waals surface area contributed by atoms with Gasteiger partial charge in [0.05, 0.1) is 16.1 Å². The van der Waals surface area contributed by atoms with Gasteiger partial charge >= 0.3 is 0 Å². The van der Waals surface area contributed by atoms with Crippen LogP contribution in [0.5, 0.6) is 0 Å². The zero-order valence-corrected chi connectivity index (χ0v) is 16.2. The highest BCUT2D eigenvalue weighted by molar-refractivity contribution is 8.00. The van der Waals surface area contributed by atoms with Crippen LogP contribution in [0, 0.1) is 5.82 Å². The Hall–Kier alpha value is -1.27. The second kappa shape index (κ2) is 8.61. The van der Waals surface area contributed by atoms with Crippen LogP contribution in [0.3, 0.4) is 0 Å². The lowest BCUT2D eigenvalue weighted by atomic mass is 9.97. The zero-order valence-electron chi connectivity index (χ0n) is 13.8. The lowest BCUT2D eigenvalue weighted by molar-refractivity contribution is 0.102. The highest BCUT2D eigenvalue weighted by Gasteiger charge is 2.21. The molecule has 0 aromatic heterocycles. The van der Waals surface area contributed by atoms with E-state index >= 15 is 0 Å². The van der Waals surface area contributed by atoms with Crippen LogP contribution in [0.4, 0.5) is 10.1 Å². The first-order valence-electron chi connectivity index (χ1n) is 8.33. The summed E-state index contributed by atoms with van der Waals surface area (Å²) in [5.41, 5.74) is 0.889. The van der Waals surface area contributed by atoms with Gasteiger partial charge in [0, 0.05) is 21.4 Å². The highest BCUT2D eigenvalue weighted by Crippen LogP contribution is 2.37. The largest absolute Gasteiger partial charge is 0.393 e. The number of nitrogens with one attached hydrogen (secondary N) is 1. The number of thioether (sulfide) groups is 1. The van der Waals surface area contributed by atoms with E-state index in [0.717, 1.165) is 30.6 Å². The van der Waals surface area contributed by atoms with Gasteiger partial charge in [0.25, 0.3) is 5.91 Å². The average molecular weight is 414 g/mol. The molecule has 1 fully saturated rings. The number of halogens is 3. The number of amides is 1. The quantitative estimate of drug-likeness (QED) is 0.667. The van der Waals surface area contributed by atoms with E-state index in [1.165, 1.54) is 18.2 Å². The van der Waals surface area contributed by atoms with Gasteiger partial charge in [-0.2, -0.15) is 0 Å². The number of aliphatic hydroxyl groups is 1. The van der Waals surface area contributed by atoms with Crippen molar-refractivity contribution in [1.29, 1.82) is 0 Å². The van der Waals surface area contributed by atoms with Crippen molar-refractivity contribution in [3.8, 4) is 0 Å². The van der Waals surface area contributed by atoms with Crippen molar-refractivity contribution in [2.24, 2.45) is 0 Å². The number of benzene rings is 2. The summed E-state index contributed by atoms with van der Waals surface area (Å²) in [6.07, 6.45) is 3.22. The second-order valence-corrected chi connectivity index (χ2v) is 8.43. The molecule has 0 atom stereocenters. The Bertz CT molecular complexity index is 810. The van der Waals surface area contributed by atoms with Crippen LogP contribution in [0.1, 0.15) is 36.0 Å². The third-order valence-corrected chi connectivity index (χ3v) is 6.44. The standard InChI is InChI=1S/C19H18Cl2FNO2S/c20-15-7-1-11(9-18(15)26-14-5-3-13(24)4-6-14)19(25)23-12-2-8-17(22)16(21)10-12/h1-2,7-10,13-14,24H,3-6H2,(H,23,25). The molecule has 3 nitrogen and oxygen atoms in total. The third-order valence-electron chi connectivity index (χ3n) is 4.31. The molecule has 2 aromatic carbocycles. The van der Waals surface area contributed by atoms with Gasteiger partial charge in [0.1, 0.15) is 5.82 Å². The summed E-state index contributed by atoms with van der Waals surface area (Å²) in [6.45, 7) is 0. The van der Waals surface area contributed by atoms with Crippen LogP contribution in [0.25, 0.3) is 0 Å². The summed E-state index contributed by atoms with van der Waals surface area (Å²) < 4.78 is 13.2. The Morgan fingerprint density at radius 3 is 2.50 bits per heavy atom. The number of carbonyl (C=O) groups excluding carboxylic acids is 1. The van der Waals surface area contributed by atoms with E-state index in [1.807, 2.05) is 0 Å². The number of aliphatic hydroxyl groups excluding tert-OH is 1. The molecule has 138 valence electrons. The summed E-state index contributed by atoms with van der Waals surface area (Å²) in [4.78, 5) is 13.3. The van der Waals surface area contributed by atoms with E-state index in [1.54, 1.807) is 30.0 Å². The molecule has 1 aliphatic carbocycles. The SMILES string of the molecule is O=C(Nc1ccc(F)c(Cl)c1)c1ccc(Cl)c(SC2CCC(O)CC2)c1. The first-order chi connectivity index (χ1) is 12.4. The van der Waals surface area contributed by atoms with Crippen molar-refractivity contribution in [2.45, 2.75) is 41.9 Å². The topological polar surface area (TPSA) is 49.3 Å². The summed E-state index contributed by atoms with van der Waals surface area (Å²) in [6, 6.07) is 9.15. The molecule has 26 heavy (non-hydrogen) atoms. The first kappa shape index (κ1) is 19.5. The van der Waals surface area contributed by atoms with E-state index in [9.17, 15) is 14.3 Å². The molecule has 0 bridgehead atoms. The maximum atomic E-state index is 13.2. The van der Waals surface area contributed by atoms with Gasteiger partial charge in [-0.05, 0) is 62.1 Å². The van der Waals surface area contributed by atoms with Crippen molar-refractivity contribution < 1.29 is 14.3 Å². The summed E-state index contributed by atoms with van der Waals surface area (Å²) in [5, 5.41) is 13.3. The maximum absolute atomic E-state index is 13.2. The fourth-order valence-electron chi connectivity index (χ4n) is 2.85. The van der Waals surface area contributed by atoms with Gasteiger partial charge in [-0.15, -0.1) is 11.8 Å². The normalized spacial score (nSPS) is 20.0. The summed E-state index contributed by atoms with van der Waals surface area (Å²) in [7, 11) is 0. The maximum Gasteiger partial charge on any atom is 0.255 e. The van der Waals surface area contributed by atoms with Crippen LogP contribution in [-0.2, 0) is 0 Å². The Morgan fingerprint density at radius 1 is 1.08 bits per heavy atom. The van der Waals surface area contributed by atoms with E-state index in [0.29, 0.717) is 21.5 Å². The predicted molar refractivity (Wildman–Crippen MR) is 105 cm³/mol. The van der Waals surface area contributed by atoms with Gasteiger partial charge in [-0.25, -0.2) is 4.39 Å². The fraction of sp³-hybridized carbons (Fsp3) is 0.316. The molecule has 0 spiro atoms. The molecule has 3 rings (SSSR count). The third kappa shape index (κ3) is 4.92. The Morgan fingerprint density at radius 2 is 1.81 bits per heavy atom. The molecule has 7 heteroatoms. The molecule has 2 aromatic rings. The fourth-order valence-corrected chi connectivity index (χ4v) is 4.53. The Balaban J connectivity index is 1.71. The van der Waals surface area contributed by atoms with E-state index in [-0.39, 0.29) is 17.0 Å². The van der Waals surface area contributed by atoms with Crippen molar-refractivity contribution in [3.63, 3.8) is 0 Å². The molecule has 0 heterocycles. The van der Waals surface area contributed by atoms with Crippen LogP contribution >= 0.6 is 35.0 Å². The van der Waals surface area contributed by atoms with Gasteiger partial charge in [-0.3, -0.25) is 4.79 Å². The smallest absolute Gasteiger partial charge is 0.255 e. The number of hydrogen-bond donors (Lipinski definition) is 2. The lowest BCUT2D eigenvalue weighted by Crippen LogP contribution is -2.19. The van der Waals surface area contributed by atoms with E-state index in [4.69, 9.17) is 23.2 Å². The Labute approximate surface area is 165 Å². The molecule has 0 saturated heterocycles. The minimum atomic E-state index is -0.535. The van der Waals surface area contributed by atoms with Crippen molar-refractivity contribution in [2.75, 3.05) is 5.32 Å². The lowest BCUT2D eigenvalue weighted by Gasteiger charge is -2.25. The zero-order chi connectivity index (χ0) is 18.7. The number of rotatable bonds is 4. The molecule has 1 saturated carbocycles. The van der Waals surface area contributed by atoms with Crippen molar-refractivity contribution in [3.05, 3.63) is 57.8 Å². The van der Waals surface area contributed by atoms with Gasteiger partial charge < -0.3 is 10.4 Å². The minimum Gasteiger partial charge on any atom is -0.393 e. The predicted octanol–water partition coefficient (Wildman–Crippen LogP) is 5.78. The summed E-state index contributed by atoms with van der Waals surface area (Å²) >= 11 is 13.7. The average Bonchev–Trinajstić information content (AvgIpc) is 2.62. The van der Waals surface area contributed by atoms with Crippen LogP contribution in [-0.4, -0.2) is 22.4 Å². The van der Waals surface area contributed by atoms with Crippen molar-refractivity contribution >= 4 is 46.6 Å². The molecule has 0 unspecified atom stereocenters. The van der Waals surface area contributed by atoms with E-state index < -0.39 is 5.82 Å². The molecular formula is C19H18Cl2FNO2S. The molecule has 0 aliphatic heterocycles. The second-order valence-electron chi connectivity index (χ2n) is 6.28. The minimum absolute atomic E-state index is 0.0466. The molecule has 2 N–H and O–H groups in total. The van der Waals surface area contributed by atoms with Gasteiger partial charge in [0.15, 0.2) is 0 Å². The van der Waals surface area contributed by atoms with Gasteiger partial charge in [0.2, 0.25) is 0 Å². The van der Waals surface area contributed by atoms with E-state index in [2.05, 4.69) is 5.32 Å². The summed E-state index contributed by atoms with van der Waals surface area (Å²) in [5.74, 6) is -0.849. The number of anilines is 1. The van der Waals surface area contributed by atoms with Crippen LogP contribution < -0.4 is 5.32 Å². The number of hydrogen-bond acceptors (Lipinski definition) is 3. The first-order valence-corrected chi connectivity index (χ1v) is 9.96. The molecule has 1 aliphatic rings. The molecular weight excluding hydrogens is 396 g/mol. The molecule has 0 radical (unpaired) electrons. The highest BCUT2D eigenvalue weighted by atomic mass is 35.5. The van der Waals surface area contributed by atoms with Crippen LogP contribution in [0.15, 0.2) is 41.3 Å². The van der Waals surface area contributed by atoms with Crippen molar-refractivity contribution in [1.82, 2.24) is 0 Å².